The van der Waals surface area contributed by atoms with Gasteiger partial charge in [-0.15, -0.1) is 0 Å². The summed E-state index contributed by atoms with van der Waals surface area (Å²) in [6, 6.07) is 7.73. The van der Waals surface area contributed by atoms with Crippen LogP contribution in [-0.2, 0) is 29.1 Å². The van der Waals surface area contributed by atoms with Crippen LogP contribution in [0.1, 0.15) is 93.4 Å². The first-order valence-electron chi connectivity index (χ1n) is 22.6. The van der Waals surface area contributed by atoms with Crippen molar-refractivity contribution < 1.29 is 59.7 Å². The smallest absolute Gasteiger partial charge is 0.427 e. The van der Waals surface area contributed by atoms with Crippen LogP contribution >= 0.6 is 0 Å². The molecule has 2 aliphatic carbocycles. The highest BCUT2D eigenvalue weighted by Crippen LogP contribution is 2.48. The number of hydrogen-bond donors (Lipinski definition) is 3. The number of amides is 4. The van der Waals surface area contributed by atoms with E-state index in [-0.39, 0.29) is 37.3 Å². The fraction of sp³-hybridized carbons (Fsp3) is 0.574. The quantitative estimate of drug-likeness (QED) is 0.171. The van der Waals surface area contributed by atoms with Crippen molar-refractivity contribution in [3.8, 4) is 28.8 Å². The average molecular weight is 957 g/mol. The Labute approximate surface area is 388 Å². The highest BCUT2D eigenvalue weighted by molar-refractivity contribution is 7.91. The van der Waals surface area contributed by atoms with Crippen LogP contribution in [0.2, 0.25) is 0 Å². The minimum absolute atomic E-state index is 0.0641. The Kier molecular flexibility index (Phi) is 13.6. The average Bonchev–Trinajstić information content (AvgIpc) is 4.13. The van der Waals surface area contributed by atoms with Crippen LogP contribution in [0.15, 0.2) is 54.7 Å². The Bertz CT molecular complexity index is 2530. The Morgan fingerprint density at radius 3 is 2.42 bits per heavy atom. The summed E-state index contributed by atoms with van der Waals surface area (Å²) in [5, 5.41) is 6.46. The van der Waals surface area contributed by atoms with Crippen molar-refractivity contribution in [3.05, 3.63) is 54.7 Å². The lowest BCUT2D eigenvalue weighted by Gasteiger charge is -2.34. The molecule has 2 aliphatic heterocycles. The molecule has 4 amide bonds. The van der Waals surface area contributed by atoms with Gasteiger partial charge in [-0.25, -0.2) is 23.2 Å². The number of aromatic nitrogens is 2. The maximum Gasteiger partial charge on any atom is 0.427 e. The lowest BCUT2D eigenvalue weighted by Crippen LogP contribution is -2.59. The molecule has 2 aromatic heterocycles. The zero-order valence-electron chi connectivity index (χ0n) is 38.9. The van der Waals surface area contributed by atoms with Crippen LogP contribution < -0.4 is 29.6 Å². The van der Waals surface area contributed by atoms with E-state index in [0.717, 1.165) is 0 Å². The summed E-state index contributed by atoms with van der Waals surface area (Å²) in [4.78, 5) is 67.7. The van der Waals surface area contributed by atoms with Crippen molar-refractivity contribution in [2.45, 2.75) is 140 Å². The molecule has 16 nitrogen and oxygen atoms in total. The van der Waals surface area contributed by atoms with Gasteiger partial charge in [-0.2, -0.15) is 13.2 Å². The Morgan fingerprint density at radius 1 is 1.04 bits per heavy atom. The molecule has 4 heterocycles. The molecule has 364 valence electrons. The zero-order valence-corrected chi connectivity index (χ0v) is 39.7. The number of rotatable bonds is 11. The summed E-state index contributed by atoms with van der Waals surface area (Å²) in [6.45, 7) is 10.0. The van der Waals surface area contributed by atoms with Crippen molar-refractivity contribution in [2.75, 3.05) is 13.7 Å². The van der Waals surface area contributed by atoms with Gasteiger partial charge in [-0.1, -0.05) is 26.0 Å². The monoisotopic (exact) mass is 956 g/mol. The number of halogens is 3. The van der Waals surface area contributed by atoms with E-state index >= 15 is 4.79 Å². The van der Waals surface area contributed by atoms with Crippen molar-refractivity contribution in [3.63, 3.8) is 0 Å². The van der Waals surface area contributed by atoms with E-state index in [1.165, 1.54) is 18.9 Å². The first-order valence-corrected chi connectivity index (χ1v) is 24.0. The number of fused-ring (bicyclic) bond motifs is 3. The molecule has 7 atom stereocenters. The number of hydrogen-bond acceptors (Lipinski definition) is 12. The van der Waals surface area contributed by atoms with Crippen molar-refractivity contribution >= 4 is 44.6 Å². The first kappa shape index (κ1) is 49.3. The molecule has 3 N–H and O–H groups in total. The second-order valence-corrected chi connectivity index (χ2v) is 21.6. The summed E-state index contributed by atoms with van der Waals surface area (Å²) in [6.07, 6.45) is -0.131. The van der Waals surface area contributed by atoms with E-state index in [1.54, 1.807) is 49.5 Å². The molecular weight excluding hydrogens is 898 g/mol. The third kappa shape index (κ3) is 10.6. The molecule has 2 saturated carbocycles. The number of pyridine rings is 2. The summed E-state index contributed by atoms with van der Waals surface area (Å²) in [7, 11) is -2.59. The molecular formula is C47H59F3N6O10S. The van der Waals surface area contributed by atoms with E-state index in [4.69, 9.17) is 23.9 Å². The molecule has 3 aromatic rings. The van der Waals surface area contributed by atoms with Crippen molar-refractivity contribution in [1.29, 1.82) is 0 Å². The second-order valence-electron chi connectivity index (χ2n) is 19.4. The fourth-order valence-electron chi connectivity index (χ4n) is 8.61. The van der Waals surface area contributed by atoms with Crippen LogP contribution in [0.25, 0.3) is 22.0 Å². The minimum Gasteiger partial charge on any atom is -0.497 e. The molecule has 4 aliphatic rings. The van der Waals surface area contributed by atoms with Gasteiger partial charge in [0.2, 0.25) is 39.2 Å². The third-order valence-corrected chi connectivity index (χ3v) is 15.4. The largest absolute Gasteiger partial charge is 0.497 e. The van der Waals surface area contributed by atoms with Crippen LogP contribution in [0.4, 0.5) is 18.0 Å². The molecule has 0 spiro atoms. The molecule has 67 heavy (non-hydrogen) atoms. The zero-order chi connectivity index (χ0) is 48.9. The lowest BCUT2D eigenvalue weighted by molar-refractivity contribution is -0.244. The van der Waals surface area contributed by atoms with E-state index in [9.17, 15) is 36.0 Å². The van der Waals surface area contributed by atoms with E-state index in [1.807, 2.05) is 32.9 Å². The minimum atomic E-state index is -4.94. The molecule has 1 aromatic carbocycles. The standard InChI is InChI=1S/C47H59F3N6O10S/c1-26(2)64-37-16-13-29(24-51-37)35-21-30-20-32(63-8)14-15-34(30)40(52-35)65-33-22-36-39(57)54-46(42(59)55-67(61,62)45(7)17-18-45)23-31(46)12-10-9-11-27(3)19-28(4)38(41(58)56(36)25-33)53-43(60)66-44(5,6)47(48,49)50/h10,12-16,20-21,24,26-28,31,33,36,38H,9,11,17-19,22-23,25H2,1-8H3,(H,53,60)(H,54,57)(H,55,59). The first-order chi connectivity index (χ1) is 31.3. The number of benzene rings is 1. The number of alkyl halides is 3. The van der Waals surface area contributed by atoms with Crippen LogP contribution in [0, 0.1) is 17.8 Å². The van der Waals surface area contributed by atoms with Gasteiger partial charge in [0.25, 0.3) is 5.91 Å². The lowest BCUT2D eigenvalue weighted by atomic mass is 9.88. The van der Waals surface area contributed by atoms with E-state index in [0.29, 0.717) is 79.6 Å². The molecule has 0 bridgehead atoms. The maximum atomic E-state index is 15.0. The van der Waals surface area contributed by atoms with Gasteiger partial charge < -0.3 is 34.5 Å². The number of sulfonamides is 1. The maximum absolute atomic E-state index is 15.0. The summed E-state index contributed by atoms with van der Waals surface area (Å²) >= 11 is 0. The number of nitrogens with zero attached hydrogens (tertiary/aromatic N) is 3. The Morgan fingerprint density at radius 2 is 1.78 bits per heavy atom. The second kappa shape index (κ2) is 18.4. The van der Waals surface area contributed by atoms with Gasteiger partial charge in [0.1, 0.15) is 29.5 Å². The fourth-order valence-corrected chi connectivity index (χ4v) is 9.92. The van der Waals surface area contributed by atoms with Gasteiger partial charge >= 0.3 is 12.3 Å². The van der Waals surface area contributed by atoms with Crippen LogP contribution in [0.5, 0.6) is 17.5 Å². The number of alkyl carbamates (subject to hydrolysis) is 1. The normalized spacial score (nSPS) is 26.6. The van der Waals surface area contributed by atoms with E-state index in [2.05, 4.69) is 20.3 Å². The van der Waals surface area contributed by atoms with Gasteiger partial charge in [0, 0.05) is 35.6 Å². The molecule has 20 heteroatoms. The molecule has 7 unspecified atom stereocenters. The highest BCUT2D eigenvalue weighted by atomic mass is 32.2. The van der Waals surface area contributed by atoms with Crippen LogP contribution in [0.3, 0.4) is 0 Å². The topological polar surface area (TPSA) is 204 Å². The summed E-state index contributed by atoms with van der Waals surface area (Å²) in [5.74, 6) is -2.74. The number of nitrogens with one attached hydrogen (secondary N) is 3. The SMILES string of the molecule is COc1ccc2c(OC3CC4C(=O)NC5(C(=O)NS(=O)(=O)C6(C)CC6)CC5C=CCCC(C)CC(C)C(NC(=O)OC(C)(C)C(F)(F)F)C(=O)N4C3)nc(-c3ccc(OC(C)C)nc3)cc2c1. The summed E-state index contributed by atoms with van der Waals surface area (Å²) < 4.78 is 92.1. The highest BCUT2D eigenvalue weighted by Gasteiger charge is 2.63. The van der Waals surface area contributed by atoms with Crippen molar-refractivity contribution in [1.82, 2.24) is 30.2 Å². The molecule has 1 saturated heterocycles. The van der Waals surface area contributed by atoms with Crippen LogP contribution in [-0.4, -0.2) is 107 Å². The molecule has 7 rings (SSSR count). The molecule has 0 radical (unpaired) electrons. The number of allylic oxidation sites excluding steroid dienone is 1. The van der Waals surface area contributed by atoms with Gasteiger partial charge in [-0.05, 0) is 121 Å². The number of carbonyl (C=O) groups is 4. The van der Waals surface area contributed by atoms with E-state index < -0.39 is 85.9 Å². The van der Waals surface area contributed by atoms with Crippen molar-refractivity contribution in [2.24, 2.45) is 17.8 Å². The van der Waals surface area contributed by atoms with Gasteiger partial charge in [0.15, 0.2) is 0 Å². The number of carbonyl (C=O) groups excluding carboxylic acids is 4. The Balaban J connectivity index is 1.26. The number of methoxy groups -OCH3 is 1. The predicted octanol–water partition coefficient (Wildman–Crippen LogP) is 6.76. The predicted molar refractivity (Wildman–Crippen MR) is 240 cm³/mol. The number of ether oxygens (including phenoxy) is 4. The van der Waals surface area contributed by atoms with Gasteiger partial charge in [-0.3, -0.25) is 19.1 Å². The van der Waals surface area contributed by atoms with Gasteiger partial charge in [0.05, 0.1) is 30.2 Å². The molecule has 3 fully saturated rings. The third-order valence-electron chi connectivity index (χ3n) is 13.2. The Hall–Kier alpha value is -5.66. The summed E-state index contributed by atoms with van der Waals surface area (Å²) in [5.41, 5.74) is -3.51.